The Morgan fingerprint density at radius 1 is 0.955 bits per heavy atom. The van der Waals surface area contributed by atoms with Gasteiger partial charge in [0, 0.05) is 12.6 Å². The number of aryl methyl sites for hydroxylation is 1. The van der Waals surface area contributed by atoms with Gasteiger partial charge in [-0.3, -0.25) is 13.9 Å². The lowest BCUT2D eigenvalue weighted by molar-refractivity contribution is -0.140. The second-order valence-electron chi connectivity index (χ2n) is 11.1. The Hall–Kier alpha value is -3.92. The summed E-state index contributed by atoms with van der Waals surface area (Å²) in [6.07, 6.45) is 5.39. The highest BCUT2D eigenvalue weighted by atomic mass is 32.2. The van der Waals surface area contributed by atoms with E-state index in [0.29, 0.717) is 18.8 Å². The van der Waals surface area contributed by atoms with Gasteiger partial charge in [-0.05, 0) is 92.8 Å². The van der Waals surface area contributed by atoms with E-state index in [4.69, 9.17) is 4.74 Å². The number of ether oxygens (including phenoxy) is 1. The zero-order chi connectivity index (χ0) is 31.7. The van der Waals surface area contributed by atoms with Gasteiger partial charge in [0.2, 0.25) is 11.8 Å². The number of hydrogen-bond acceptors (Lipinski definition) is 5. The van der Waals surface area contributed by atoms with Crippen LogP contribution in [0.15, 0.2) is 77.7 Å². The van der Waals surface area contributed by atoms with E-state index in [2.05, 4.69) is 5.32 Å². The third-order valence-corrected chi connectivity index (χ3v) is 9.84. The molecule has 1 N–H and O–H groups in total. The van der Waals surface area contributed by atoms with Crippen molar-refractivity contribution in [2.24, 2.45) is 0 Å². The van der Waals surface area contributed by atoms with Crippen molar-refractivity contribution in [3.05, 3.63) is 89.7 Å². The number of amides is 2. The van der Waals surface area contributed by atoms with Crippen LogP contribution >= 0.6 is 0 Å². The van der Waals surface area contributed by atoms with Crippen LogP contribution in [0.3, 0.4) is 0 Å². The van der Waals surface area contributed by atoms with Crippen molar-refractivity contribution >= 4 is 27.5 Å². The molecule has 0 radical (unpaired) electrons. The van der Waals surface area contributed by atoms with Crippen molar-refractivity contribution in [2.45, 2.75) is 82.8 Å². The minimum Gasteiger partial charge on any atom is -0.494 e. The fraction of sp³-hybridized carbons (Fsp3) is 0.412. The Balaban J connectivity index is 1.71. The lowest BCUT2D eigenvalue weighted by Gasteiger charge is -2.34. The molecule has 10 heteroatoms. The maximum atomic E-state index is 14.3. The van der Waals surface area contributed by atoms with Gasteiger partial charge in [-0.15, -0.1) is 0 Å². The number of carbonyl (C=O) groups is 2. The number of carbonyl (C=O) groups excluding carboxylic acids is 2. The number of nitrogens with one attached hydrogen (secondary N) is 1. The molecule has 1 atom stereocenters. The Labute approximate surface area is 260 Å². The van der Waals surface area contributed by atoms with E-state index in [1.54, 1.807) is 24.3 Å². The molecule has 3 aromatic carbocycles. The highest BCUT2D eigenvalue weighted by Gasteiger charge is 2.34. The fourth-order valence-corrected chi connectivity index (χ4v) is 6.99. The molecule has 8 nitrogen and oxygen atoms in total. The zero-order valence-corrected chi connectivity index (χ0v) is 26.5. The number of sulfonamides is 1. The summed E-state index contributed by atoms with van der Waals surface area (Å²) in [6.45, 7) is 5.64. The van der Waals surface area contributed by atoms with E-state index in [1.807, 2.05) is 45.0 Å². The molecule has 0 unspecified atom stereocenters. The number of hydrogen-bond donors (Lipinski definition) is 1. The summed E-state index contributed by atoms with van der Waals surface area (Å²) in [4.78, 5) is 29.3. The number of nitrogens with zero attached hydrogens (tertiary/aromatic N) is 2. The van der Waals surface area contributed by atoms with Crippen LogP contribution < -0.4 is 14.4 Å². The first-order chi connectivity index (χ1) is 21.1. The van der Waals surface area contributed by atoms with E-state index in [-0.39, 0.29) is 29.1 Å². The number of anilines is 1. The molecule has 0 aliphatic heterocycles. The predicted octanol–water partition coefficient (Wildman–Crippen LogP) is 5.98. The van der Waals surface area contributed by atoms with Crippen LogP contribution in [0.25, 0.3) is 0 Å². The number of benzene rings is 3. The number of rotatable bonds is 13. The molecule has 2 amide bonds. The summed E-state index contributed by atoms with van der Waals surface area (Å²) >= 11 is 0. The maximum Gasteiger partial charge on any atom is 0.264 e. The van der Waals surface area contributed by atoms with E-state index in [0.717, 1.165) is 59.7 Å². The molecule has 236 valence electrons. The van der Waals surface area contributed by atoms with Crippen LogP contribution in [-0.4, -0.2) is 50.4 Å². The lowest BCUT2D eigenvalue weighted by atomic mass is 9.95. The summed E-state index contributed by atoms with van der Waals surface area (Å²) in [5, 5.41) is 3.16. The van der Waals surface area contributed by atoms with Crippen LogP contribution in [0, 0.1) is 12.7 Å². The largest absolute Gasteiger partial charge is 0.494 e. The summed E-state index contributed by atoms with van der Waals surface area (Å²) in [6, 6.07) is 17.8. The molecule has 1 fully saturated rings. The minimum absolute atomic E-state index is 0.0555. The van der Waals surface area contributed by atoms with Crippen LogP contribution in [0.5, 0.6) is 5.75 Å². The molecule has 1 aliphatic carbocycles. The minimum atomic E-state index is -4.30. The monoisotopic (exact) mass is 623 g/mol. The molecule has 4 rings (SSSR count). The molecular formula is C34H42FN3O5S. The molecule has 0 aromatic heterocycles. The highest BCUT2D eigenvalue weighted by molar-refractivity contribution is 7.92. The number of halogens is 1. The van der Waals surface area contributed by atoms with Crippen molar-refractivity contribution in [1.82, 2.24) is 10.2 Å². The third kappa shape index (κ3) is 8.16. The molecule has 0 saturated heterocycles. The lowest BCUT2D eigenvalue weighted by Crippen LogP contribution is -2.54. The van der Waals surface area contributed by atoms with Crippen LogP contribution in [0.2, 0.25) is 0 Å². The van der Waals surface area contributed by atoms with E-state index in [9.17, 15) is 22.4 Å². The Morgan fingerprint density at radius 3 is 2.23 bits per heavy atom. The van der Waals surface area contributed by atoms with Crippen LogP contribution in [0.4, 0.5) is 10.1 Å². The molecule has 0 bridgehead atoms. The van der Waals surface area contributed by atoms with Crippen LogP contribution in [-0.2, 0) is 26.2 Å². The predicted molar refractivity (Wildman–Crippen MR) is 169 cm³/mol. The van der Waals surface area contributed by atoms with Gasteiger partial charge >= 0.3 is 0 Å². The van der Waals surface area contributed by atoms with E-state index < -0.39 is 34.3 Å². The molecular weight excluding hydrogens is 581 g/mol. The quantitative estimate of drug-likeness (QED) is 0.253. The van der Waals surface area contributed by atoms with Gasteiger partial charge in [-0.25, -0.2) is 12.8 Å². The molecule has 1 saturated carbocycles. The highest BCUT2D eigenvalue weighted by Crippen LogP contribution is 2.27. The van der Waals surface area contributed by atoms with Crippen LogP contribution in [0.1, 0.15) is 63.5 Å². The van der Waals surface area contributed by atoms with Crippen molar-refractivity contribution in [3.8, 4) is 5.75 Å². The van der Waals surface area contributed by atoms with Gasteiger partial charge in [0.15, 0.2) is 0 Å². The normalized spacial score (nSPS) is 14.5. The molecule has 3 aromatic rings. The fourth-order valence-electron chi connectivity index (χ4n) is 5.57. The van der Waals surface area contributed by atoms with Gasteiger partial charge < -0.3 is 15.0 Å². The summed E-state index contributed by atoms with van der Waals surface area (Å²) in [5.41, 5.74) is 2.05. The van der Waals surface area contributed by atoms with E-state index >= 15 is 0 Å². The summed E-state index contributed by atoms with van der Waals surface area (Å²) in [5.74, 6) is -0.797. The maximum absolute atomic E-state index is 14.3. The molecule has 1 aliphatic rings. The van der Waals surface area contributed by atoms with Crippen molar-refractivity contribution in [3.63, 3.8) is 0 Å². The van der Waals surface area contributed by atoms with Gasteiger partial charge in [0.25, 0.3) is 10.0 Å². The van der Waals surface area contributed by atoms with Gasteiger partial charge in [0.05, 0.1) is 17.2 Å². The smallest absolute Gasteiger partial charge is 0.264 e. The molecule has 0 spiro atoms. The zero-order valence-electron chi connectivity index (χ0n) is 25.7. The summed E-state index contributed by atoms with van der Waals surface area (Å²) < 4.78 is 48.2. The third-order valence-electron chi connectivity index (χ3n) is 8.06. The Kier molecular flexibility index (Phi) is 11.4. The summed E-state index contributed by atoms with van der Waals surface area (Å²) in [7, 11) is -4.30. The first kappa shape index (κ1) is 33.0. The second kappa shape index (κ2) is 15.2. The first-order valence-corrected chi connectivity index (χ1v) is 16.7. The topological polar surface area (TPSA) is 96.0 Å². The van der Waals surface area contributed by atoms with Crippen molar-refractivity contribution in [2.75, 3.05) is 17.5 Å². The van der Waals surface area contributed by atoms with Gasteiger partial charge in [0.1, 0.15) is 24.2 Å². The van der Waals surface area contributed by atoms with E-state index in [1.165, 1.54) is 17.0 Å². The average Bonchev–Trinajstić information content (AvgIpc) is 3.02. The standard InChI is InChI=1S/C34H42FN3O5S/c1-4-32(34(40)36-28-13-7-6-8-14-28)37(23-26-12-10-9-11-25(26)3)33(39)24-38(29-17-19-30(20-18-29)43-5-2)44(41,42)31-21-15-27(35)16-22-31/h9-12,15-22,28,32H,4-8,13-14,23-24H2,1-3H3,(H,36,40)/t32-/m1/s1. The average molecular weight is 624 g/mol. The van der Waals surface area contributed by atoms with Crippen molar-refractivity contribution in [1.29, 1.82) is 0 Å². The van der Waals surface area contributed by atoms with Crippen molar-refractivity contribution < 1.29 is 27.1 Å². The first-order valence-electron chi connectivity index (χ1n) is 15.3. The molecule has 0 heterocycles. The van der Waals surface area contributed by atoms with Gasteiger partial charge in [-0.1, -0.05) is 50.5 Å². The van der Waals surface area contributed by atoms with Gasteiger partial charge in [-0.2, -0.15) is 0 Å². The Morgan fingerprint density at radius 2 is 1.61 bits per heavy atom. The SMILES string of the molecule is CCOc1ccc(N(CC(=O)N(Cc2ccccc2C)[C@H](CC)C(=O)NC2CCCCC2)S(=O)(=O)c2ccc(F)cc2)cc1. The second-order valence-corrected chi connectivity index (χ2v) is 13.0. The Bertz CT molecular complexity index is 1510. The molecule has 44 heavy (non-hydrogen) atoms.